The minimum absolute atomic E-state index is 0.204. The molecule has 5 aromatic carbocycles. The van der Waals surface area contributed by atoms with Gasteiger partial charge in [0.2, 0.25) is 0 Å². The van der Waals surface area contributed by atoms with Crippen LogP contribution in [-0.2, 0) is 5.41 Å². The van der Waals surface area contributed by atoms with Crippen molar-refractivity contribution in [2.45, 2.75) is 19.3 Å². The van der Waals surface area contributed by atoms with Gasteiger partial charge in [-0.05, 0) is 83.9 Å². The zero-order chi connectivity index (χ0) is 26.0. The van der Waals surface area contributed by atoms with Gasteiger partial charge in [-0.15, -0.1) is 0 Å². The van der Waals surface area contributed by atoms with E-state index in [-0.39, 0.29) is 11.2 Å². The third kappa shape index (κ3) is 3.26. The number of hydrogen-bond donors (Lipinski definition) is 0. The van der Waals surface area contributed by atoms with E-state index in [0.717, 1.165) is 55.7 Å². The molecule has 1 aromatic heterocycles. The lowest BCUT2D eigenvalue weighted by atomic mass is 9.75. The van der Waals surface area contributed by atoms with E-state index in [1.165, 1.54) is 17.7 Å². The molecule has 0 amide bonds. The number of halogens is 1. The first-order valence-electron chi connectivity index (χ1n) is 12.6. The highest BCUT2D eigenvalue weighted by molar-refractivity contribution is 6.10. The lowest BCUT2D eigenvalue weighted by molar-refractivity contribution is 0.418. The summed E-state index contributed by atoms with van der Waals surface area (Å²) >= 11 is 0. The van der Waals surface area contributed by atoms with Gasteiger partial charge in [0.15, 0.2) is 0 Å². The van der Waals surface area contributed by atoms with Crippen molar-refractivity contribution in [1.29, 1.82) is 5.26 Å². The highest BCUT2D eigenvalue weighted by Gasteiger charge is 2.34. The molecule has 182 valence electrons. The van der Waals surface area contributed by atoms with Crippen LogP contribution in [0.2, 0.25) is 0 Å². The first-order chi connectivity index (χ1) is 18.4. The summed E-state index contributed by atoms with van der Waals surface area (Å²) in [7, 11) is 0. The van der Waals surface area contributed by atoms with Crippen LogP contribution in [0.4, 0.5) is 4.39 Å². The lowest BCUT2D eigenvalue weighted by Gasteiger charge is -2.34. The second-order valence-electron chi connectivity index (χ2n) is 10.3. The molecule has 0 fully saturated rings. The van der Waals surface area contributed by atoms with Gasteiger partial charge in [-0.3, -0.25) is 0 Å². The molecular formula is C34H23FN2O. The fourth-order valence-electron chi connectivity index (χ4n) is 5.76. The average Bonchev–Trinajstić information content (AvgIpc) is 3.26. The molecule has 0 spiro atoms. The van der Waals surface area contributed by atoms with Crippen LogP contribution >= 0.6 is 0 Å². The minimum Gasteiger partial charge on any atom is -0.457 e. The molecule has 0 saturated carbocycles. The molecule has 0 atom stereocenters. The summed E-state index contributed by atoms with van der Waals surface area (Å²) in [5.41, 5.74) is 7.74. The summed E-state index contributed by atoms with van der Waals surface area (Å²) in [6, 6.07) is 35.5. The van der Waals surface area contributed by atoms with E-state index >= 15 is 0 Å². The molecule has 0 bridgehead atoms. The van der Waals surface area contributed by atoms with Gasteiger partial charge in [0.05, 0.1) is 22.7 Å². The van der Waals surface area contributed by atoms with Crippen LogP contribution in [0.3, 0.4) is 0 Å². The zero-order valence-electron chi connectivity index (χ0n) is 21.0. The Kier molecular flexibility index (Phi) is 4.74. The van der Waals surface area contributed by atoms with Crippen molar-refractivity contribution in [2.24, 2.45) is 0 Å². The van der Waals surface area contributed by atoms with Crippen molar-refractivity contribution >= 4 is 21.8 Å². The number of nitrogens with zero attached hydrogens (tertiary/aromatic N) is 2. The SMILES string of the molecule is CC1(C)c2ccccc2Oc2ccc(-c3ccc4c(c3)c3cc(C#N)ccc3n4-c3ccc(F)cc3)cc21. The van der Waals surface area contributed by atoms with Crippen LogP contribution < -0.4 is 4.74 Å². The summed E-state index contributed by atoms with van der Waals surface area (Å²) in [6.07, 6.45) is 0. The van der Waals surface area contributed by atoms with Crippen molar-refractivity contribution in [3.8, 4) is 34.4 Å². The second kappa shape index (κ2) is 8.06. The van der Waals surface area contributed by atoms with E-state index in [1.807, 2.05) is 30.3 Å². The summed E-state index contributed by atoms with van der Waals surface area (Å²) in [5.74, 6) is 1.51. The molecule has 6 aromatic rings. The predicted molar refractivity (Wildman–Crippen MR) is 150 cm³/mol. The number of nitriles is 1. The number of para-hydroxylation sites is 1. The van der Waals surface area contributed by atoms with E-state index in [2.05, 4.69) is 73.0 Å². The van der Waals surface area contributed by atoms with Gasteiger partial charge >= 0.3 is 0 Å². The first-order valence-corrected chi connectivity index (χ1v) is 12.6. The van der Waals surface area contributed by atoms with Gasteiger partial charge in [-0.1, -0.05) is 44.2 Å². The number of hydrogen-bond acceptors (Lipinski definition) is 2. The molecule has 0 unspecified atom stereocenters. The maximum absolute atomic E-state index is 13.7. The Morgan fingerprint density at radius 2 is 1.37 bits per heavy atom. The van der Waals surface area contributed by atoms with Gasteiger partial charge in [0.25, 0.3) is 0 Å². The molecule has 1 aliphatic rings. The molecule has 3 nitrogen and oxygen atoms in total. The Balaban J connectivity index is 1.43. The van der Waals surface area contributed by atoms with E-state index in [9.17, 15) is 9.65 Å². The maximum atomic E-state index is 13.7. The van der Waals surface area contributed by atoms with Crippen LogP contribution in [-0.4, -0.2) is 4.57 Å². The van der Waals surface area contributed by atoms with Crippen molar-refractivity contribution in [3.05, 3.63) is 126 Å². The van der Waals surface area contributed by atoms with Crippen molar-refractivity contribution in [1.82, 2.24) is 4.57 Å². The van der Waals surface area contributed by atoms with Crippen LogP contribution in [0.1, 0.15) is 30.5 Å². The Hall–Kier alpha value is -4.88. The van der Waals surface area contributed by atoms with Crippen molar-refractivity contribution < 1.29 is 9.13 Å². The van der Waals surface area contributed by atoms with Crippen LogP contribution in [0.15, 0.2) is 103 Å². The van der Waals surface area contributed by atoms with Crippen LogP contribution in [0.25, 0.3) is 38.6 Å². The standard InChI is InChI=1S/C34H23FN2O/c1-34(2)28-5-3-4-6-32(28)38-33-16-9-23(19-29(33)34)22-8-15-31-27(18-22)26-17-21(20-36)7-14-30(26)37(31)25-12-10-24(35)11-13-25/h3-19H,1-2H3. The van der Waals surface area contributed by atoms with Gasteiger partial charge in [-0.25, -0.2) is 4.39 Å². The Labute approximate surface area is 220 Å². The third-order valence-electron chi connectivity index (χ3n) is 7.75. The molecule has 0 radical (unpaired) electrons. The van der Waals surface area contributed by atoms with E-state index < -0.39 is 0 Å². The molecule has 0 saturated heterocycles. The largest absolute Gasteiger partial charge is 0.457 e. The monoisotopic (exact) mass is 494 g/mol. The number of aromatic nitrogens is 1. The molecule has 4 heteroatoms. The van der Waals surface area contributed by atoms with Crippen LogP contribution in [0, 0.1) is 17.1 Å². The van der Waals surface area contributed by atoms with Gasteiger partial charge < -0.3 is 9.30 Å². The Bertz CT molecular complexity index is 1940. The average molecular weight is 495 g/mol. The third-order valence-corrected chi connectivity index (χ3v) is 7.75. The summed E-state index contributed by atoms with van der Waals surface area (Å²) in [5, 5.41) is 11.6. The molecule has 7 rings (SSSR count). The number of rotatable bonds is 2. The second-order valence-corrected chi connectivity index (χ2v) is 10.3. The Morgan fingerprint density at radius 3 is 2.16 bits per heavy atom. The highest BCUT2D eigenvalue weighted by atomic mass is 19.1. The summed E-state index contributed by atoms with van der Waals surface area (Å²) < 4.78 is 22.1. The smallest absolute Gasteiger partial charge is 0.131 e. The minimum atomic E-state index is -0.273. The predicted octanol–water partition coefficient (Wildman–Crippen LogP) is 8.89. The summed E-state index contributed by atoms with van der Waals surface area (Å²) in [4.78, 5) is 0. The Morgan fingerprint density at radius 1 is 0.711 bits per heavy atom. The molecular weight excluding hydrogens is 471 g/mol. The van der Waals surface area contributed by atoms with Gasteiger partial charge in [-0.2, -0.15) is 5.26 Å². The molecule has 0 aliphatic carbocycles. The van der Waals surface area contributed by atoms with Crippen molar-refractivity contribution in [3.63, 3.8) is 0 Å². The fraction of sp³-hybridized carbons (Fsp3) is 0.0882. The molecule has 0 N–H and O–H groups in total. The summed E-state index contributed by atoms with van der Waals surface area (Å²) in [6.45, 7) is 4.47. The number of benzene rings is 5. The first kappa shape index (κ1) is 22.3. The fourth-order valence-corrected chi connectivity index (χ4v) is 5.76. The number of ether oxygens (including phenoxy) is 1. The number of fused-ring (bicyclic) bond motifs is 5. The van der Waals surface area contributed by atoms with Crippen LogP contribution in [0.5, 0.6) is 11.5 Å². The van der Waals surface area contributed by atoms with Crippen molar-refractivity contribution in [2.75, 3.05) is 0 Å². The zero-order valence-corrected chi connectivity index (χ0v) is 21.0. The molecule has 2 heterocycles. The highest BCUT2D eigenvalue weighted by Crippen LogP contribution is 2.49. The van der Waals surface area contributed by atoms with E-state index in [0.29, 0.717) is 5.56 Å². The quantitative estimate of drug-likeness (QED) is 0.241. The van der Waals surface area contributed by atoms with E-state index in [4.69, 9.17) is 4.74 Å². The van der Waals surface area contributed by atoms with Gasteiger partial charge in [0.1, 0.15) is 17.3 Å². The van der Waals surface area contributed by atoms with E-state index in [1.54, 1.807) is 12.1 Å². The topological polar surface area (TPSA) is 37.9 Å². The molecule has 38 heavy (non-hydrogen) atoms. The maximum Gasteiger partial charge on any atom is 0.131 e. The normalized spacial score (nSPS) is 13.5. The lowest BCUT2D eigenvalue weighted by Crippen LogP contribution is -2.24. The molecule has 1 aliphatic heterocycles. The van der Waals surface area contributed by atoms with Gasteiger partial charge in [0, 0.05) is 33.0 Å².